The maximum Gasteiger partial charge on any atom is 0.255 e. The number of rotatable bonds is 8. The molecule has 1 aromatic rings. The molecule has 8 heteroatoms. The summed E-state index contributed by atoms with van der Waals surface area (Å²) in [6.45, 7) is 8.32. The van der Waals surface area contributed by atoms with Crippen molar-refractivity contribution in [1.29, 1.82) is 0 Å². The minimum Gasteiger partial charge on any atom is -0.496 e. The zero-order chi connectivity index (χ0) is 18.2. The molecule has 1 aliphatic heterocycles. The second-order valence-corrected chi connectivity index (χ2v) is 6.97. The van der Waals surface area contributed by atoms with E-state index in [1.807, 2.05) is 0 Å². The number of aliphatic imine (C=N–C) groups is 1. The summed E-state index contributed by atoms with van der Waals surface area (Å²) < 4.78 is 5.38. The molecular weight excluding hydrogens is 360 g/mol. The number of methoxy groups -OCH3 is 1. The molecule has 0 spiro atoms. The van der Waals surface area contributed by atoms with Crippen molar-refractivity contribution in [1.82, 2.24) is 10.2 Å². The van der Waals surface area contributed by atoms with Gasteiger partial charge in [-0.05, 0) is 19.2 Å². The predicted octanol–water partition coefficient (Wildman–Crippen LogP) is 2.93. The molecule has 138 valence electrons. The van der Waals surface area contributed by atoms with Crippen molar-refractivity contribution >= 4 is 40.1 Å². The SMILES string of the molecule is CCN(CC)CCNC(=O)c1cc(Cl)c(NC2=NCCS2)cc1OC. The Morgan fingerprint density at radius 1 is 1.40 bits per heavy atom. The number of benzene rings is 1. The highest BCUT2D eigenvalue weighted by atomic mass is 35.5. The average molecular weight is 385 g/mol. The molecule has 1 amide bonds. The minimum absolute atomic E-state index is 0.190. The molecule has 0 saturated heterocycles. The standard InChI is InChI=1S/C17H25ClN4O2S/c1-4-22(5-2)8-6-19-16(23)12-10-13(18)14(11-15(12)24-3)21-17-20-7-9-25-17/h10-11H,4-9H2,1-3H3,(H,19,23)(H,20,21). The third-order valence-corrected chi connectivity index (χ3v) is 5.17. The van der Waals surface area contributed by atoms with Crippen LogP contribution in [0.15, 0.2) is 17.1 Å². The van der Waals surface area contributed by atoms with E-state index in [2.05, 4.69) is 34.4 Å². The number of amidine groups is 1. The second-order valence-electron chi connectivity index (χ2n) is 5.48. The molecular formula is C17H25ClN4O2S. The first-order valence-electron chi connectivity index (χ1n) is 8.41. The van der Waals surface area contributed by atoms with E-state index in [9.17, 15) is 4.79 Å². The molecule has 1 aliphatic rings. The van der Waals surface area contributed by atoms with Crippen LogP contribution in [0.25, 0.3) is 0 Å². The van der Waals surface area contributed by atoms with Crippen molar-refractivity contribution in [2.45, 2.75) is 13.8 Å². The fourth-order valence-electron chi connectivity index (χ4n) is 2.48. The number of nitrogens with one attached hydrogen (secondary N) is 2. The summed E-state index contributed by atoms with van der Waals surface area (Å²) in [6, 6.07) is 3.37. The lowest BCUT2D eigenvalue weighted by Crippen LogP contribution is -2.34. The fraction of sp³-hybridized carbons (Fsp3) is 0.529. The lowest BCUT2D eigenvalue weighted by Gasteiger charge is -2.18. The number of nitrogens with zero attached hydrogens (tertiary/aromatic N) is 2. The normalized spacial score (nSPS) is 13.7. The van der Waals surface area contributed by atoms with Gasteiger partial charge in [0.05, 0.1) is 29.9 Å². The Kier molecular flexibility index (Phi) is 7.87. The molecule has 6 nitrogen and oxygen atoms in total. The van der Waals surface area contributed by atoms with Crippen molar-refractivity contribution in [2.75, 3.05) is 50.9 Å². The molecule has 0 fully saturated rings. The van der Waals surface area contributed by atoms with Crippen molar-refractivity contribution < 1.29 is 9.53 Å². The number of thioether (sulfide) groups is 1. The summed E-state index contributed by atoms with van der Waals surface area (Å²) in [5.74, 6) is 1.25. The number of carbonyl (C=O) groups is 1. The van der Waals surface area contributed by atoms with Crippen LogP contribution in [0.3, 0.4) is 0 Å². The molecule has 1 heterocycles. The maximum absolute atomic E-state index is 12.5. The Labute approximate surface area is 158 Å². The molecule has 0 atom stereocenters. The Morgan fingerprint density at radius 3 is 2.76 bits per heavy atom. The predicted molar refractivity (Wildman–Crippen MR) is 107 cm³/mol. The molecule has 0 aliphatic carbocycles. The van der Waals surface area contributed by atoms with E-state index < -0.39 is 0 Å². The lowest BCUT2D eigenvalue weighted by atomic mass is 10.1. The Hall–Kier alpha value is -1.44. The Morgan fingerprint density at radius 2 is 2.16 bits per heavy atom. The summed E-state index contributed by atoms with van der Waals surface area (Å²) in [5.41, 5.74) is 1.12. The molecule has 0 aromatic heterocycles. The Bertz CT molecular complexity index is 635. The van der Waals surface area contributed by atoms with E-state index in [4.69, 9.17) is 16.3 Å². The molecule has 2 rings (SSSR count). The van der Waals surface area contributed by atoms with Gasteiger partial charge < -0.3 is 20.3 Å². The van der Waals surface area contributed by atoms with E-state index in [-0.39, 0.29) is 5.91 Å². The van der Waals surface area contributed by atoms with Gasteiger partial charge in [-0.25, -0.2) is 0 Å². The number of ether oxygens (including phenoxy) is 1. The van der Waals surface area contributed by atoms with E-state index >= 15 is 0 Å². The van der Waals surface area contributed by atoms with E-state index in [0.29, 0.717) is 28.6 Å². The minimum atomic E-state index is -0.190. The number of halogens is 1. The lowest BCUT2D eigenvalue weighted by molar-refractivity contribution is 0.0946. The maximum atomic E-state index is 12.5. The molecule has 25 heavy (non-hydrogen) atoms. The van der Waals surface area contributed by atoms with Gasteiger partial charge in [0.1, 0.15) is 5.75 Å². The zero-order valence-corrected chi connectivity index (χ0v) is 16.5. The van der Waals surface area contributed by atoms with Crippen LogP contribution < -0.4 is 15.4 Å². The van der Waals surface area contributed by atoms with Crippen LogP contribution >= 0.6 is 23.4 Å². The second kappa shape index (κ2) is 9.89. The zero-order valence-electron chi connectivity index (χ0n) is 14.9. The van der Waals surface area contributed by atoms with E-state index in [0.717, 1.165) is 37.1 Å². The summed E-state index contributed by atoms with van der Waals surface area (Å²) >= 11 is 7.98. The van der Waals surface area contributed by atoms with Crippen LogP contribution in [-0.4, -0.2) is 61.6 Å². The van der Waals surface area contributed by atoms with Gasteiger partial charge in [0.25, 0.3) is 5.91 Å². The Balaban J connectivity index is 2.06. The number of hydrogen-bond acceptors (Lipinski definition) is 6. The first-order chi connectivity index (χ1) is 12.1. The van der Waals surface area contributed by atoms with Crippen LogP contribution in [-0.2, 0) is 0 Å². The highest BCUT2D eigenvalue weighted by Crippen LogP contribution is 2.32. The average Bonchev–Trinajstić information content (AvgIpc) is 3.13. The smallest absolute Gasteiger partial charge is 0.255 e. The monoisotopic (exact) mass is 384 g/mol. The van der Waals surface area contributed by atoms with Crippen LogP contribution in [0, 0.1) is 0 Å². The fourth-order valence-corrected chi connectivity index (χ4v) is 3.44. The number of hydrogen-bond donors (Lipinski definition) is 2. The molecule has 0 unspecified atom stereocenters. The topological polar surface area (TPSA) is 66.0 Å². The summed E-state index contributed by atoms with van der Waals surface area (Å²) in [4.78, 5) is 19.1. The number of carbonyl (C=O) groups excluding carboxylic acids is 1. The quantitative estimate of drug-likeness (QED) is 0.721. The third-order valence-electron chi connectivity index (χ3n) is 3.97. The summed E-state index contributed by atoms with van der Waals surface area (Å²) in [5, 5.41) is 7.41. The molecule has 0 bridgehead atoms. The molecule has 1 aromatic carbocycles. The van der Waals surface area contributed by atoms with Gasteiger partial charge in [-0.1, -0.05) is 37.2 Å². The summed E-state index contributed by atoms with van der Waals surface area (Å²) in [6.07, 6.45) is 0. The highest BCUT2D eigenvalue weighted by Gasteiger charge is 2.17. The van der Waals surface area contributed by atoms with Crippen molar-refractivity contribution in [3.63, 3.8) is 0 Å². The first kappa shape index (κ1) is 19.9. The van der Waals surface area contributed by atoms with Gasteiger partial charge in [0.2, 0.25) is 0 Å². The highest BCUT2D eigenvalue weighted by molar-refractivity contribution is 8.14. The van der Waals surface area contributed by atoms with E-state index in [1.54, 1.807) is 31.0 Å². The van der Waals surface area contributed by atoms with Gasteiger partial charge in [-0.15, -0.1) is 0 Å². The van der Waals surface area contributed by atoms with Crippen molar-refractivity contribution in [3.05, 3.63) is 22.7 Å². The van der Waals surface area contributed by atoms with Crippen LogP contribution in [0.2, 0.25) is 5.02 Å². The van der Waals surface area contributed by atoms with Gasteiger partial charge in [0.15, 0.2) is 5.17 Å². The van der Waals surface area contributed by atoms with Crippen molar-refractivity contribution in [2.24, 2.45) is 4.99 Å². The molecule has 0 saturated carbocycles. The van der Waals surface area contributed by atoms with Crippen LogP contribution in [0.5, 0.6) is 5.75 Å². The van der Waals surface area contributed by atoms with Gasteiger partial charge in [-0.3, -0.25) is 9.79 Å². The third kappa shape index (κ3) is 5.52. The summed E-state index contributed by atoms with van der Waals surface area (Å²) in [7, 11) is 1.54. The first-order valence-corrected chi connectivity index (χ1v) is 9.77. The molecule has 2 N–H and O–H groups in total. The van der Waals surface area contributed by atoms with E-state index in [1.165, 1.54) is 0 Å². The van der Waals surface area contributed by atoms with Gasteiger partial charge in [0, 0.05) is 24.9 Å². The van der Waals surface area contributed by atoms with Gasteiger partial charge >= 0.3 is 0 Å². The van der Waals surface area contributed by atoms with Crippen LogP contribution in [0.4, 0.5) is 5.69 Å². The largest absolute Gasteiger partial charge is 0.496 e. The number of likely N-dealkylation sites (N-methyl/N-ethyl adjacent to an activating group) is 1. The number of anilines is 1. The van der Waals surface area contributed by atoms with Crippen LogP contribution in [0.1, 0.15) is 24.2 Å². The van der Waals surface area contributed by atoms with Gasteiger partial charge in [-0.2, -0.15) is 0 Å². The molecule has 0 radical (unpaired) electrons. The number of amides is 1. The van der Waals surface area contributed by atoms with Crippen molar-refractivity contribution in [3.8, 4) is 5.75 Å².